The van der Waals surface area contributed by atoms with Crippen molar-refractivity contribution in [2.45, 2.75) is 39.4 Å². The zero-order chi connectivity index (χ0) is 18.4. The van der Waals surface area contributed by atoms with Crippen LogP contribution in [0.1, 0.15) is 27.2 Å². The van der Waals surface area contributed by atoms with Gasteiger partial charge >= 0.3 is 0 Å². The topological polar surface area (TPSA) is 112 Å². The molecule has 0 fully saturated rings. The van der Waals surface area contributed by atoms with E-state index in [-0.39, 0.29) is 57.0 Å². The maximum Gasteiger partial charge on any atom is 0.158 e. The number of rotatable bonds is 16. The van der Waals surface area contributed by atoms with Gasteiger partial charge in [0.05, 0.1) is 19.8 Å². The van der Waals surface area contributed by atoms with E-state index >= 15 is 0 Å². The second-order valence-electron chi connectivity index (χ2n) is 5.25. The Morgan fingerprint density at radius 3 is 1.96 bits per heavy atom. The van der Waals surface area contributed by atoms with Gasteiger partial charge in [-0.05, 0) is 13.8 Å². The van der Waals surface area contributed by atoms with Crippen molar-refractivity contribution in [3.63, 3.8) is 0 Å². The third-order valence-corrected chi connectivity index (χ3v) is 2.84. The minimum atomic E-state index is -0.676. The van der Waals surface area contributed by atoms with Crippen LogP contribution in [0.5, 0.6) is 0 Å². The predicted molar refractivity (Wildman–Crippen MR) is 86.6 cm³/mol. The molecule has 0 radical (unpaired) electrons. The molecule has 8 heteroatoms. The Hall–Kier alpha value is -1.48. The zero-order valence-corrected chi connectivity index (χ0v) is 14.5. The van der Waals surface area contributed by atoms with Crippen LogP contribution in [0.4, 0.5) is 0 Å². The predicted octanol–water partition coefficient (Wildman–Crippen LogP) is 0.597. The molecule has 138 valence electrons. The highest BCUT2D eigenvalue weighted by atomic mass is 16.6. The summed E-state index contributed by atoms with van der Waals surface area (Å²) in [6.45, 7) is 4.36. The minimum absolute atomic E-state index is 0.0209. The molecule has 0 saturated carbocycles. The van der Waals surface area contributed by atoms with Crippen molar-refractivity contribution >= 4 is 23.6 Å². The number of ether oxygens (including phenoxy) is 4. The van der Waals surface area contributed by atoms with E-state index in [1.807, 2.05) is 0 Å². The number of ketones is 3. The van der Waals surface area contributed by atoms with E-state index in [0.717, 1.165) is 6.21 Å². The number of nitrogens with one attached hydrogen (secondary N) is 1. The molecular weight excluding hydrogens is 318 g/mol. The van der Waals surface area contributed by atoms with E-state index in [9.17, 15) is 14.4 Å². The lowest BCUT2D eigenvalue weighted by atomic mass is 10.2. The molecule has 0 aliphatic heterocycles. The molecule has 0 aromatic carbocycles. The summed E-state index contributed by atoms with van der Waals surface area (Å²) in [5.41, 5.74) is 0. The molecule has 0 rings (SSSR count). The summed E-state index contributed by atoms with van der Waals surface area (Å²) in [4.78, 5) is 33.6. The summed E-state index contributed by atoms with van der Waals surface area (Å²) in [7, 11) is 0. The lowest BCUT2D eigenvalue weighted by Crippen LogP contribution is -2.41. The molecule has 0 amide bonds. The van der Waals surface area contributed by atoms with Crippen molar-refractivity contribution in [3.8, 4) is 0 Å². The van der Waals surface area contributed by atoms with Gasteiger partial charge < -0.3 is 24.4 Å². The first-order chi connectivity index (χ1) is 11.4. The Bertz CT molecular complexity index is 411. The van der Waals surface area contributed by atoms with Crippen molar-refractivity contribution in [2.75, 3.05) is 39.6 Å². The largest absolute Gasteiger partial charge is 0.373 e. The highest BCUT2D eigenvalue weighted by Crippen LogP contribution is 2.08. The molecule has 0 aromatic rings. The third kappa shape index (κ3) is 12.0. The monoisotopic (exact) mass is 345 g/mol. The standard InChI is InChI=1S/C16H27NO7/c1-4-14(20)9-24-16(11-22-7-12(2)18)15(10-21-6-5-17)23-8-13(3)19/h5,15-17H,4,6-11H2,1-3H3. The van der Waals surface area contributed by atoms with Crippen LogP contribution in [-0.2, 0) is 33.3 Å². The van der Waals surface area contributed by atoms with Gasteiger partial charge in [-0.25, -0.2) is 0 Å². The summed E-state index contributed by atoms with van der Waals surface area (Å²) >= 11 is 0. The minimum Gasteiger partial charge on any atom is -0.373 e. The molecule has 2 unspecified atom stereocenters. The van der Waals surface area contributed by atoms with Crippen LogP contribution in [0.25, 0.3) is 0 Å². The molecule has 0 heterocycles. The van der Waals surface area contributed by atoms with Gasteiger partial charge in [-0.2, -0.15) is 0 Å². The molecule has 8 nitrogen and oxygen atoms in total. The van der Waals surface area contributed by atoms with Crippen molar-refractivity contribution in [3.05, 3.63) is 0 Å². The Morgan fingerprint density at radius 2 is 1.46 bits per heavy atom. The first kappa shape index (κ1) is 22.5. The summed E-state index contributed by atoms with van der Waals surface area (Å²) < 4.78 is 21.5. The molecule has 0 aliphatic rings. The fourth-order valence-electron chi connectivity index (χ4n) is 1.61. The molecule has 1 N–H and O–H groups in total. The van der Waals surface area contributed by atoms with Crippen LogP contribution in [0.2, 0.25) is 0 Å². The molecule has 0 aromatic heterocycles. The highest BCUT2D eigenvalue weighted by Gasteiger charge is 2.25. The number of Topliss-reactive ketones (excluding diaryl/α,β-unsaturated/α-hetero) is 3. The molecule has 0 saturated heterocycles. The zero-order valence-electron chi connectivity index (χ0n) is 14.5. The fraction of sp³-hybridized carbons (Fsp3) is 0.750. The molecule has 0 spiro atoms. The van der Waals surface area contributed by atoms with E-state index < -0.39 is 12.2 Å². The molecule has 0 aliphatic carbocycles. The maximum absolute atomic E-state index is 11.5. The van der Waals surface area contributed by atoms with Gasteiger partial charge in [0.1, 0.15) is 32.0 Å². The van der Waals surface area contributed by atoms with E-state index in [2.05, 4.69) is 0 Å². The van der Waals surface area contributed by atoms with Crippen LogP contribution in [0.15, 0.2) is 0 Å². The van der Waals surface area contributed by atoms with Gasteiger partial charge in [0, 0.05) is 12.6 Å². The van der Waals surface area contributed by atoms with Crippen molar-refractivity contribution < 1.29 is 33.3 Å². The smallest absolute Gasteiger partial charge is 0.158 e. The van der Waals surface area contributed by atoms with Gasteiger partial charge in [-0.3, -0.25) is 14.4 Å². The Labute approximate surface area is 142 Å². The molecule has 2 atom stereocenters. The number of carbonyl (C=O) groups excluding carboxylic acids is 3. The van der Waals surface area contributed by atoms with Crippen molar-refractivity contribution in [1.29, 1.82) is 5.41 Å². The Balaban J connectivity index is 4.81. The van der Waals surface area contributed by atoms with Crippen LogP contribution >= 0.6 is 0 Å². The Kier molecular flexibility index (Phi) is 13.1. The van der Waals surface area contributed by atoms with Crippen molar-refractivity contribution in [1.82, 2.24) is 0 Å². The van der Waals surface area contributed by atoms with Crippen LogP contribution < -0.4 is 0 Å². The van der Waals surface area contributed by atoms with Gasteiger partial charge in [-0.1, -0.05) is 6.92 Å². The SMILES string of the molecule is CCC(=O)COC(COCC(C)=O)C(COCC=N)OCC(C)=O. The second kappa shape index (κ2) is 13.9. The number of carbonyl (C=O) groups is 3. The normalized spacial score (nSPS) is 13.3. The lowest BCUT2D eigenvalue weighted by molar-refractivity contribution is -0.149. The average molecular weight is 345 g/mol. The summed E-state index contributed by atoms with van der Waals surface area (Å²) in [6, 6.07) is 0. The van der Waals surface area contributed by atoms with Gasteiger partial charge in [0.15, 0.2) is 17.3 Å². The second-order valence-corrected chi connectivity index (χ2v) is 5.25. The van der Waals surface area contributed by atoms with E-state index in [1.165, 1.54) is 13.8 Å². The maximum atomic E-state index is 11.5. The number of hydrogen-bond donors (Lipinski definition) is 1. The lowest BCUT2D eigenvalue weighted by Gasteiger charge is -2.26. The molecule has 0 bridgehead atoms. The highest BCUT2D eigenvalue weighted by molar-refractivity contribution is 5.79. The first-order valence-electron chi connectivity index (χ1n) is 7.78. The van der Waals surface area contributed by atoms with Gasteiger partial charge in [0.2, 0.25) is 0 Å². The van der Waals surface area contributed by atoms with Crippen molar-refractivity contribution in [2.24, 2.45) is 0 Å². The van der Waals surface area contributed by atoms with Gasteiger partial charge in [0.25, 0.3) is 0 Å². The van der Waals surface area contributed by atoms with Gasteiger partial charge in [-0.15, -0.1) is 0 Å². The average Bonchev–Trinajstić information content (AvgIpc) is 2.53. The van der Waals surface area contributed by atoms with Crippen LogP contribution in [-0.4, -0.2) is 75.4 Å². The summed E-state index contributed by atoms with van der Waals surface area (Å²) in [6.07, 6.45) is 0.0881. The van der Waals surface area contributed by atoms with E-state index in [1.54, 1.807) is 6.92 Å². The third-order valence-electron chi connectivity index (χ3n) is 2.84. The Morgan fingerprint density at radius 1 is 0.917 bits per heavy atom. The molecular formula is C16H27NO7. The van der Waals surface area contributed by atoms with E-state index in [0.29, 0.717) is 6.42 Å². The fourth-order valence-corrected chi connectivity index (χ4v) is 1.61. The van der Waals surface area contributed by atoms with Crippen LogP contribution in [0.3, 0.4) is 0 Å². The molecule has 24 heavy (non-hydrogen) atoms. The van der Waals surface area contributed by atoms with Crippen LogP contribution in [0, 0.1) is 5.41 Å². The summed E-state index contributed by atoms with van der Waals surface area (Å²) in [5.74, 6) is -0.392. The first-order valence-corrected chi connectivity index (χ1v) is 7.78. The van der Waals surface area contributed by atoms with E-state index in [4.69, 9.17) is 24.4 Å². The summed E-state index contributed by atoms with van der Waals surface area (Å²) in [5, 5.41) is 6.96. The quantitative estimate of drug-likeness (QED) is 0.322. The number of hydrogen-bond acceptors (Lipinski definition) is 8.